The predicted octanol–water partition coefficient (Wildman–Crippen LogP) is 8.26. The SMILES string of the molecule is CCC(C)(C)c1ccc(Oc2ccc(O)cc2C(=O)NC23CC4CC(CC(C4)C2)C3)c(C(C)(C)CC)c1. The van der Waals surface area contributed by atoms with Crippen molar-refractivity contribution < 1.29 is 14.6 Å². The fraction of sp³-hybridized carbons (Fsp3) is 0.606. The summed E-state index contributed by atoms with van der Waals surface area (Å²) in [6.07, 6.45) is 9.26. The van der Waals surface area contributed by atoms with E-state index in [9.17, 15) is 9.90 Å². The Kier molecular flexibility index (Phi) is 6.61. The van der Waals surface area contributed by atoms with Gasteiger partial charge in [-0.25, -0.2) is 0 Å². The topological polar surface area (TPSA) is 58.6 Å². The second-order valence-electron chi connectivity index (χ2n) is 13.6. The van der Waals surface area contributed by atoms with Gasteiger partial charge in [-0.2, -0.15) is 0 Å². The monoisotopic (exact) mass is 503 g/mol. The molecule has 4 nitrogen and oxygen atoms in total. The molecule has 4 fully saturated rings. The lowest BCUT2D eigenvalue weighted by Gasteiger charge is -2.56. The number of phenolic OH excluding ortho intramolecular Hbond substituents is 1. The van der Waals surface area contributed by atoms with Crippen LogP contribution in [0.4, 0.5) is 0 Å². The van der Waals surface area contributed by atoms with Gasteiger partial charge in [-0.3, -0.25) is 4.79 Å². The molecule has 4 saturated carbocycles. The summed E-state index contributed by atoms with van der Waals surface area (Å²) in [7, 11) is 0. The average Bonchev–Trinajstić information content (AvgIpc) is 2.84. The van der Waals surface area contributed by atoms with Crippen LogP contribution in [0.2, 0.25) is 0 Å². The Bertz CT molecular complexity index is 1140. The zero-order valence-electron chi connectivity index (χ0n) is 23.6. The van der Waals surface area contributed by atoms with Crippen LogP contribution in [0.1, 0.15) is 114 Å². The van der Waals surface area contributed by atoms with E-state index in [0.29, 0.717) is 11.3 Å². The first-order valence-corrected chi connectivity index (χ1v) is 14.4. The molecule has 0 heterocycles. The Morgan fingerprint density at radius 3 is 2.03 bits per heavy atom. The molecule has 6 rings (SSSR count). The smallest absolute Gasteiger partial charge is 0.255 e. The van der Waals surface area contributed by atoms with Crippen LogP contribution in [0.25, 0.3) is 0 Å². The lowest BCUT2D eigenvalue weighted by molar-refractivity contribution is -0.0167. The molecule has 1 amide bonds. The van der Waals surface area contributed by atoms with Crippen molar-refractivity contribution in [2.45, 2.75) is 109 Å². The van der Waals surface area contributed by atoms with Crippen LogP contribution in [-0.2, 0) is 10.8 Å². The van der Waals surface area contributed by atoms with E-state index in [2.05, 4.69) is 65.1 Å². The Morgan fingerprint density at radius 2 is 1.46 bits per heavy atom. The van der Waals surface area contributed by atoms with Gasteiger partial charge in [0, 0.05) is 11.1 Å². The summed E-state index contributed by atoms with van der Waals surface area (Å²) < 4.78 is 6.56. The number of hydrogen-bond acceptors (Lipinski definition) is 3. The third kappa shape index (κ3) is 5.01. The number of ether oxygens (including phenoxy) is 1. The van der Waals surface area contributed by atoms with Crippen LogP contribution in [-0.4, -0.2) is 16.6 Å². The maximum atomic E-state index is 13.8. The average molecular weight is 504 g/mol. The third-order valence-corrected chi connectivity index (χ3v) is 10.1. The van der Waals surface area contributed by atoms with Gasteiger partial charge in [0.25, 0.3) is 5.91 Å². The maximum Gasteiger partial charge on any atom is 0.255 e. The van der Waals surface area contributed by atoms with Gasteiger partial charge in [-0.05, 0) is 110 Å². The number of phenols is 1. The van der Waals surface area contributed by atoms with Crippen molar-refractivity contribution in [3.63, 3.8) is 0 Å². The maximum absolute atomic E-state index is 13.8. The van der Waals surface area contributed by atoms with Crippen molar-refractivity contribution in [3.8, 4) is 17.2 Å². The fourth-order valence-electron chi connectivity index (χ4n) is 7.44. The number of nitrogens with one attached hydrogen (secondary N) is 1. The molecule has 4 heteroatoms. The van der Waals surface area contributed by atoms with Gasteiger partial charge in [0.15, 0.2) is 0 Å². The van der Waals surface area contributed by atoms with Crippen molar-refractivity contribution in [1.82, 2.24) is 5.32 Å². The van der Waals surface area contributed by atoms with Gasteiger partial charge in [0.1, 0.15) is 17.2 Å². The summed E-state index contributed by atoms with van der Waals surface area (Å²) in [6, 6.07) is 11.4. The molecule has 0 saturated heterocycles. The highest BCUT2D eigenvalue weighted by atomic mass is 16.5. The Hall–Kier alpha value is -2.49. The number of benzene rings is 2. The summed E-state index contributed by atoms with van der Waals surface area (Å²) in [5.41, 5.74) is 2.73. The first kappa shape index (κ1) is 26.1. The summed E-state index contributed by atoms with van der Waals surface area (Å²) in [5, 5.41) is 13.8. The highest BCUT2D eigenvalue weighted by molar-refractivity contribution is 5.98. The van der Waals surface area contributed by atoms with Gasteiger partial charge in [-0.15, -0.1) is 0 Å². The number of amides is 1. The van der Waals surface area contributed by atoms with Gasteiger partial charge in [0.2, 0.25) is 0 Å². The molecule has 0 atom stereocenters. The zero-order valence-corrected chi connectivity index (χ0v) is 23.6. The van der Waals surface area contributed by atoms with Gasteiger partial charge < -0.3 is 15.2 Å². The first-order valence-electron chi connectivity index (χ1n) is 14.4. The zero-order chi connectivity index (χ0) is 26.6. The number of carbonyl (C=O) groups excluding carboxylic acids is 1. The van der Waals surface area contributed by atoms with Gasteiger partial charge in [0.05, 0.1) is 5.56 Å². The van der Waals surface area contributed by atoms with Crippen LogP contribution in [0.5, 0.6) is 17.2 Å². The number of hydrogen-bond donors (Lipinski definition) is 2. The van der Waals surface area contributed by atoms with E-state index in [-0.39, 0.29) is 28.0 Å². The molecule has 0 unspecified atom stereocenters. The van der Waals surface area contributed by atoms with E-state index < -0.39 is 0 Å². The van der Waals surface area contributed by atoms with Gasteiger partial charge in [-0.1, -0.05) is 53.7 Å². The van der Waals surface area contributed by atoms with Crippen molar-refractivity contribution in [3.05, 3.63) is 53.1 Å². The number of rotatable bonds is 8. The molecule has 0 radical (unpaired) electrons. The summed E-state index contributed by atoms with van der Waals surface area (Å²) in [4.78, 5) is 13.8. The molecule has 4 aliphatic rings. The Morgan fingerprint density at radius 1 is 0.892 bits per heavy atom. The molecule has 37 heavy (non-hydrogen) atoms. The minimum Gasteiger partial charge on any atom is -0.508 e. The molecule has 2 aromatic carbocycles. The molecule has 0 aromatic heterocycles. The van der Waals surface area contributed by atoms with Crippen LogP contribution < -0.4 is 10.1 Å². The van der Waals surface area contributed by atoms with E-state index in [1.165, 1.54) is 24.8 Å². The lowest BCUT2D eigenvalue weighted by Crippen LogP contribution is -2.59. The van der Waals surface area contributed by atoms with Gasteiger partial charge >= 0.3 is 0 Å². The summed E-state index contributed by atoms with van der Waals surface area (Å²) in [5.74, 6) is 3.46. The Balaban J connectivity index is 1.47. The third-order valence-electron chi connectivity index (χ3n) is 10.1. The molecule has 4 bridgehead atoms. The van der Waals surface area contributed by atoms with E-state index >= 15 is 0 Å². The highest BCUT2D eigenvalue weighted by Crippen LogP contribution is 2.55. The second-order valence-corrected chi connectivity index (χ2v) is 13.6. The van der Waals surface area contributed by atoms with E-state index in [1.54, 1.807) is 18.2 Å². The number of aromatic hydroxyl groups is 1. The van der Waals surface area contributed by atoms with Crippen molar-refractivity contribution in [2.75, 3.05) is 0 Å². The standard InChI is InChI=1S/C33H45NO3/c1-7-31(3,4)24-9-11-29(27(16-24)32(5,6)8-2)37-28-12-10-25(35)17-26(28)30(36)34-33-18-21-13-22(19-33)15-23(14-21)20-33/h9-12,16-17,21-23,35H,7-8,13-15,18-20H2,1-6H3,(H,34,36). The molecule has 0 aliphatic heterocycles. The minimum atomic E-state index is -0.132. The number of carbonyl (C=O) groups is 1. The predicted molar refractivity (Wildman–Crippen MR) is 150 cm³/mol. The quantitative estimate of drug-likeness (QED) is 0.381. The molecule has 200 valence electrons. The Labute approximate surface area is 223 Å². The highest BCUT2D eigenvalue weighted by Gasteiger charge is 2.51. The molecular formula is C33H45NO3. The molecule has 4 aliphatic carbocycles. The molecule has 2 aromatic rings. The van der Waals surface area contributed by atoms with Crippen molar-refractivity contribution in [2.24, 2.45) is 17.8 Å². The first-order chi connectivity index (χ1) is 17.4. The summed E-state index contributed by atoms with van der Waals surface area (Å²) in [6.45, 7) is 13.5. The normalized spacial score (nSPS) is 26.8. The van der Waals surface area contributed by atoms with E-state index in [0.717, 1.165) is 61.2 Å². The van der Waals surface area contributed by atoms with Crippen molar-refractivity contribution >= 4 is 5.91 Å². The lowest BCUT2D eigenvalue weighted by atomic mass is 9.53. The van der Waals surface area contributed by atoms with Crippen LogP contribution in [0.3, 0.4) is 0 Å². The van der Waals surface area contributed by atoms with E-state index in [4.69, 9.17) is 4.74 Å². The molecular weight excluding hydrogens is 458 g/mol. The van der Waals surface area contributed by atoms with Crippen LogP contribution in [0.15, 0.2) is 36.4 Å². The molecule has 0 spiro atoms. The van der Waals surface area contributed by atoms with E-state index in [1.807, 2.05) is 0 Å². The molecule has 2 N–H and O–H groups in total. The fourth-order valence-corrected chi connectivity index (χ4v) is 7.44. The second kappa shape index (κ2) is 9.36. The van der Waals surface area contributed by atoms with Crippen molar-refractivity contribution in [1.29, 1.82) is 0 Å². The van der Waals surface area contributed by atoms with Crippen LogP contribution >= 0.6 is 0 Å². The van der Waals surface area contributed by atoms with Crippen LogP contribution in [0, 0.1) is 17.8 Å². The minimum absolute atomic E-state index is 0.0680. The largest absolute Gasteiger partial charge is 0.508 e. The summed E-state index contributed by atoms with van der Waals surface area (Å²) >= 11 is 0.